The lowest BCUT2D eigenvalue weighted by molar-refractivity contribution is -0.0538. The van der Waals surface area contributed by atoms with E-state index >= 15 is 0 Å². The number of piperidine rings is 1. The molecule has 5 rings (SSSR count). The zero-order valence-corrected chi connectivity index (χ0v) is 21.2. The van der Waals surface area contributed by atoms with Crippen LogP contribution in [0.3, 0.4) is 0 Å². The van der Waals surface area contributed by atoms with Gasteiger partial charge >= 0.3 is 0 Å². The number of methoxy groups -OCH3 is 1. The molecule has 2 aliphatic heterocycles. The maximum atomic E-state index is 12.6. The standard InChI is InChI=1S/C27H35N5O4/c1-16-8-19(11-28-10-16)21-12-30-26(24-20(21)9-17(2)27(33)32-24)31-25-22(34-3)13-29-14-23(25)36-15-18-4-6-35-7-5-18/h8-12,18,22-23,25,29H,4-7,13-15H2,1-3H3,(H,30,31)(H,32,33)/t22-,23+,25+/m0/s1. The summed E-state index contributed by atoms with van der Waals surface area (Å²) in [5, 5.41) is 7.93. The first kappa shape index (κ1) is 24.8. The Labute approximate surface area is 211 Å². The largest absolute Gasteiger partial charge is 0.381 e. The number of aromatic amines is 1. The number of anilines is 1. The average molecular weight is 494 g/mol. The molecule has 3 atom stereocenters. The van der Waals surface area contributed by atoms with Gasteiger partial charge in [0.05, 0.1) is 30.4 Å². The van der Waals surface area contributed by atoms with Crippen molar-refractivity contribution in [2.24, 2.45) is 5.92 Å². The lowest BCUT2D eigenvalue weighted by Gasteiger charge is -2.39. The van der Waals surface area contributed by atoms with Gasteiger partial charge in [-0.05, 0) is 50.3 Å². The summed E-state index contributed by atoms with van der Waals surface area (Å²) in [5.74, 6) is 1.11. The minimum Gasteiger partial charge on any atom is -0.381 e. The topological polar surface area (TPSA) is 110 Å². The quantitative estimate of drug-likeness (QED) is 0.461. The number of hydrogen-bond donors (Lipinski definition) is 3. The third kappa shape index (κ3) is 5.29. The molecule has 3 N–H and O–H groups in total. The Kier molecular flexibility index (Phi) is 7.62. The molecular weight excluding hydrogens is 458 g/mol. The fourth-order valence-corrected chi connectivity index (χ4v) is 5.11. The average Bonchev–Trinajstić information content (AvgIpc) is 2.89. The Bertz CT molecular complexity index is 1260. The third-order valence-corrected chi connectivity index (χ3v) is 7.25. The minimum atomic E-state index is -0.136. The fraction of sp³-hybridized carbons (Fsp3) is 0.519. The van der Waals surface area contributed by atoms with Crippen LogP contribution in [0.2, 0.25) is 0 Å². The van der Waals surface area contributed by atoms with Crippen LogP contribution in [-0.4, -0.2) is 73.2 Å². The van der Waals surface area contributed by atoms with Gasteiger partial charge < -0.3 is 29.8 Å². The highest BCUT2D eigenvalue weighted by molar-refractivity contribution is 5.99. The van der Waals surface area contributed by atoms with E-state index in [1.54, 1.807) is 7.11 Å². The van der Waals surface area contributed by atoms with E-state index in [1.165, 1.54) is 0 Å². The number of fused-ring (bicyclic) bond motifs is 1. The first-order chi connectivity index (χ1) is 17.5. The molecule has 9 heteroatoms. The van der Waals surface area contributed by atoms with Crippen molar-refractivity contribution >= 4 is 16.7 Å². The van der Waals surface area contributed by atoms with Crippen LogP contribution in [0.5, 0.6) is 0 Å². The predicted octanol–water partition coefficient (Wildman–Crippen LogP) is 2.81. The second kappa shape index (κ2) is 11.0. The monoisotopic (exact) mass is 493 g/mol. The van der Waals surface area contributed by atoms with Crippen molar-refractivity contribution in [3.05, 3.63) is 52.2 Å². The van der Waals surface area contributed by atoms with Gasteiger partial charge in [-0.15, -0.1) is 0 Å². The summed E-state index contributed by atoms with van der Waals surface area (Å²) in [6.45, 7) is 7.52. The van der Waals surface area contributed by atoms with Crippen LogP contribution in [0.4, 0.5) is 5.82 Å². The lowest BCUT2D eigenvalue weighted by Crippen LogP contribution is -2.58. The van der Waals surface area contributed by atoms with Gasteiger partial charge in [0.1, 0.15) is 0 Å². The lowest BCUT2D eigenvalue weighted by atomic mass is 9.98. The molecule has 0 radical (unpaired) electrons. The first-order valence-corrected chi connectivity index (χ1v) is 12.7. The summed E-state index contributed by atoms with van der Waals surface area (Å²) in [6.07, 6.45) is 7.31. The van der Waals surface area contributed by atoms with E-state index < -0.39 is 0 Å². The van der Waals surface area contributed by atoms with Crippen LogP contribution in [0.1, 0.15) is 24.0 Å². The summed E-state index contributed by atoms with van der Waals surface area (Å²) in [7, 11) is 1.71. The summed E-state index contributed by atoms with van der Waals surface area (Å²) in [4.78, 5) is 24.8. The van der Waals surface area contributed by atoms with Crippen LogP contribution in [0.15, 0.2) is 35.5 Å². The van der Waals surface area contributed by atoms with Crippen molar-refractivity contribution in [1.82, 2.24) is 20.3 Å². The molecule has 3 aromatic heterocycles. The van der Waals surface area contributed by atoms with Crippen molar-refractivity contribution in [1.29, 1.82) is 0 Å². The van der Waals surface area contributed by atoms with Gasteiger partial charge in [0.2, 0.25) is 0 Å². The third-order valence-electron chi connectivity index (χ3n) is 7.25. The maximum absolute atomic E-state index is 12.6. The predicted molar refractivity (Wildman–Crippen MR) is 139 cm³/mol. The highest BCUT2D eigenvalue weighted by Gasteiger charge is 2.35. The number of aryl methyl sites for hydroxylation is 2. The fourth-order valence-electron chi connectivity index (χ4n) is 5.11. The second-order valence-corrected chi connectivity index (χ2v) is 9.87. The van der Waals surface area contributed by atoms with Crippen LogP contribution in [-0.2, 0) is 14.2 Å². The van der Waals surface area contributed by atoms with Gasteiger partial charge in [-0.25, -0.2) is 4.98 Å². The highest BCUT2D eigenvalue weighted by atomic mass is 16.5. The van der Waals surface area contributed by atoms with Gasteiger partial charge in [-0.3, -0.25) is 9.78 Å². The molecule has 192 valence electrons. The molecule has 3 aromatic rings. The number of rotatable bonds is 7. The number of pyridine rings is 3. The van der Waals surface area contributed by atoms with Crippen LogP contribution < -0.4 is 16.2 Å². The molecule has 36 heavy (non-hydrogen) atoms. The Balaban J connectivity index is 1.48. The molecule has 0 aromatic carbocycles. The Morgan fingerprint density at radius 2 is 1.92 bits per heavy atom. The van der Waals surface area contributed by atoms with E-state index in [2.05, 4.69) is 26.7 Å². The minimum absolute atomic E-state index is 0.110. The van der Waals surface area contributed by atoms with Crippen LogP contribution >= 0.6 is 0 Å². The molecule has 0 spiro atoms. The zero-order valence-electron chi connectivity index (χ0n) is 21.2. The highest BCUT2D eigenvalue weighted by Crippen LogP contribution is 2.31. The molecule has 0 saturated carbocycles. The van der Waals surface area contributed by atoms with Gasteiger partial charge in [0, 0.05) is 74.1 Å². The van der Waals surface area contributed by atoms with Gasteiger partial charge in [0.15, 0.2) is 5.82 Å². The smallest absolute Gasteiger partial charge is 0.251 e. The van der Waals surface area contributed by atoms with Crippen LogP contribution in [0, 0.1) is 19.8 Å². The Hall–Kier alpha value is -2.85. The molecular formula is C27H35N5O4. The van der Waals surface area contributed by atoms with Crippen molar-refractivity contribution in [3.8, 4) is 11.1 Å². The van der Waals surface area contributed by atoms with Crippen molar-refractivity contribution in [3.63, 3.8) is 0 Å². The summed E-state index contributed by atoms with van der Waals surface area (Å²) < 4.78 is 17.7. The van der Waals surface area contributed by atoms with Gasteiger partial charge in [-0.2, -0.15) is 0 Å². The van der Waals surface area contributed by atoms with E-state index in [9.17, 15) is 4.79 Å². The Morgan fingerprint density at radius 3 is 2.69 bits per heavy atom. The Morgan fingerprint density at radius 1 is 1.11 bits per heavy atom. The molecule has 9 nitrogen and oxygen atoms in total. The first-order valence-electron chi connectivity index (χ1n) is 12.7. The number of nitrogens with one attached hydrogen (secondary N) is 3. The number of H-pyrrole nitrogens is 1. The number of ether oxygens (including phenoxy) is 3. The molecule has 0 bridgehead atoms. The van der Waals surface area contributed by atoms with E-state index in [0.717, 1.165) is 48.1 Å². The number of nitrogens with zero attached hydrogens (tertiary/aromatic N) is 2. The normalized spacial score (nSPS) is 23.1. The molecule has 0 unspecified atom stereocenters. The summed E-state index contributed by atoms with van der Waals surface area (Å²) in [5.41, 5.74) is 4.13. The molecule has 2 fully saturated rings. The van der Waals surface area contributed by atoms with E-state index in [1.807, 2.05) is 38.5 Å². The molecule has 0 amide bonds. The van der Waals surface area contributed by atoms with Crippen LogP contribution in [0.25, 0.3) is 22.0 Å². The molecule has 5 heterocycles. The second-order valence-electron chi connectivity index (χ2n) is 9.87. The maximum Gasteiger partial charge on any atom is 0.251 e. The number of hydrogen-bond acceptors (Lipinski definition) is 8. The summed E-state index contributed by atoms with van der Waals surface area (Å²) in [6, 6.07) is 3.86. The molecule has 0 aliphatic carbocycles. The van der Waals surface area contributed by atoms with E-state index in [0.29, 0.717) is 42.5 Å². The van der Waals surface area contributed by atoms with Crippen molar-refractivity contribution in [2.45, 2.75) is 44.9 Å². The van der Waals surface area contributed by atoms with Crippen molar-refractivity contribution < 1.29 is 14.2 Å². The molecule has 2 aliphatic rings. The zero-order chi connectivity index (χ0) is 25.1. The van der Waals surface area contributed by atoms with Crippen molar-refractivity contribution in [2.75, 3.05) is 45.3 Å². The van der Waals surface area contributed by atoms with E-state index in [4.69, 9.17) is 19.2 Å². The summed E-state index contributed by atoms with van der Waals surface area (Å²) >= 11 is 0. The molecule has 2 saturated heterocycles. The van der Waals surface area contributed by atoms with Gasteiger partial charge in [-0.1, -0.05) is 0 Å². The van der Waals surface area contributed by atoms with Gasteiger partial charge in [0.25, 0.3) is 5.56 Å². The number of aromatic nitrogens is 3. The SMILES string of the molecule is CO[C@H]1CNC[C@@H](OCC2CCOCC2)[C@@H]1Nc1ncc(-c2cncc(C)c2)c2cc(C)c(=O)[nH]c12. The van der Waals surface area contributed by atoms with E-state index in [-0.39, 0.29) is 23.8 Å².